The average molecular weight is 348 g/mol. The molecule has 130 valence electrons. The Hall–Kier alpha value is -3.65. The summed E-state index contributed by atoms with van der Waals surface area (Å²) in [5.74, 6) is 0. The van der Waals surface area contributed by atoms with E-state index in [2.05, 4.69) is 71.9 Å². The molecule has 2 nitrogen and oxygen atoms in total. The molecule has 1 heterocycles. The number of hydrogen-bond acceptors (Lipinski definition) is 1. The molecule has 0 spiro atoms. The maximum Gasteiger partial charge on any atom is 0.0790 e. The van der Waals surface area contributed by atoms with Crippen molar-refractivity contribution < 1.29 is 0 Å². The highest BCUT2D eigenvalue weighted by molar-refractivity contribution is 5.81. The largest absolute Gasteiger partial charge is 0.240 e. The van der Waals surface area contributed by atoms with E-state index in [1.807, 2.05) is 59.5 Å². The minimum atomic E-state index is 1.07. The first-order valence-electron chi connectivity index (χ1n) is 8.99. The Labute approximate surface area is 159 Å². The van der Waals surface area contributed by atoms with Crippen molar-refractivity contribution in [2.24, 2.45) is 0 Å². The van der Waals surface area contributed by atoms with Gasteiger partial charge in [-0.05, 0) is 17.2 Å². The van der Waals surface area contributed by atoms with Crippen LogP contribution in [0.15, 0.2) is 97.3 Å². The van der Waals surface area contributed by atoms with E-state index in [1.165, 1.54) is 11.1 Å². The Morgan fingerprint density at radius 1 is 0.556 bits per heavy atom. The fourth-order valence-electron chi connectivity index (χ4n) is 3.01. The molecule has 2 heteroatoms. The summed E-state index contributed by atoms with van der Waals surface area (Å²) in [6, 6.07) is 28.9. The van der Waals surface area contributed by atoms with Crippen molar-refractivity contribution in [1.82, 2.24) is 9.78 Å². The van der Waals surface area contributed by atoms with E-state index < -0.39 is 0 Å². The third kappa shape index (κ3) is 4.13. The van der Waals surface area contributed by atoms with Crippen LogP contribution in [0.4, 0.5) is 0 Å². The summed E-state index contributed by atoms with van der Waals surface area (Å²) in [4.78, 5) is 0. The molecule has 0 radical (unpaired) electrons. The van der Waals surface area contributed by atoms with Crippen LogP contribution >= 0.6 is 0 Å². The molecule has 4 rings (SSSR count). The van der Waals surface area contributed by atoms with Gasteiger partial charge >= 0.3 is 0 Å². The predicted octanol–water partition coefficient (Wildman–Crippen LogP) is 6.21. The number of aromatic nitrogens is 2. The van der Waals surface area contributed by atoms with Gasteiger partial charge < -0.3 is 0 Å². The van der Waals surface area contributed by atoms with Gasteiger partial charge in [-0.2, -0.15) is 5.10 Å². The van der Waals surface area contributed by atoms with Crippen molar-refractivity contribution >= 4 is 24.3 Å². The van der Waals surface area contributed by atoms with Gasteiger partial charge in [0, 0.05) is 23.5 Å². The molecule has 0 aliphatic heterocycles. The lowest BCUT2D eigenvalue weighted by Crippen LogP contribution is -2.00. The molecule has 3 aromatic carbocycles. The molecule has 0 aliphatic carbocycles. The van der Waals surface area contributed by atoms with E-state index in [1.54, 1.807) is 0 Å². The van der Waals surface area contributed by atoms with Gasteiger partial charge in [-0.25, -0.2) is 4.68 Å². The second-order valence-electron chi connectivity index (χ2n) is 6.22. The molecule has 0 saturated carbocycles. The molecule has 1 aromatic heterocycles. The standard InChI is InChI=1S/C25H20N2/c1-3-9-21(10-4-1)15-17-23-13-7-14-24(25(23)27-20-8-19-26-27)18-16-22-11-5-2-6-12-22/h1-20H/b17-15+,18-16?. The highest BCUT2D eigenvalue weighted by Crippen LogP contribution is 2.24. The maximum absolute atomic E-state index is 4.47. The maximum atomic E-state index is 4.47. The first-order chi connectivity index (χ1) is 13.4. The van der Waals surface area contributed by atoms with Gasteiger partial charge in [-0.15, -0.1) is 0 Å². The Balaban J connectivity index is 1.76. The van der Waals surface area contributed by atoms with Gasteiger partial charge in [0.2, 0.25) is 0 Å². The molecule has 0 saturated heterocycles. The summed E-state index contributed by atoms with van der Waals surface area (Å²) in [5.41, 5.74) is 5.67. The van der Waals surface area contributed by atoms with Crippen LogP contribution in [-0.4, -0.2) is 9.78 Å². The van der Waals surface area contributed by atoms with Crippen molar-refractivity contribution in [3.8, 4) is 5.69 Å². The first kappa shape index (κ1) is 16.8. The van der Waals surface area contributed by atoms with Crippen molar-refractivity contribution in [3.05, 3.63) is 120 Å². The van der Waals surface area contributed by atoms with Gasteiger partial charge in [-0.3, -0.25) is 0 Å². The number of rotatable bonds is 5. The lowest BCUT2D eigenvalue weighted by atomic mass is 10.0. The SMILES string of the molecule is C(=Cc1cccc(/C=C/c2ccccc2)c1-n1cccn1)c1ccccc1. The van der Waals surface area contributed by atoms with Gasteiger partial charge in [0.25, 0.3) is 0 Å². The molecule has 27 heavy (non-hydrogen) atoms. The zero-order valence-electron chi connectivity index (χ0n) is 14.9. The van der Waals surface area contributed by atoms with E-state index in [0.29, 0.717) is 0 Å². The van der Waals surface area contributed by atoms with Crippen LogP contribution in [0.25, 0.3) is 30.0 Å². The average Bonchev–Trinajstić information content (AvgIpc) is 3.26. The molecule has 0 unspecified atom stereocenters. The van der Waals surface area contributed by atoms with Crippen molar-refractivity contribution in [1.29, 1.82) is 0 Å². The molecule has 0 bridgehead atoms. The van der Waals surface area contributed by atoms with Crippen LogP contribution in [0.3, 0.4) is 0 Å². The van der Waals surface area contributed by atoms with E-state index in [9.17, 15) is 0 Å². The summed E-state index contributed by atoms with van der Waals surface area (Å²) in [5, 5.41) is 4.47. The summed E-state index contributed by atoms with van der Waals surface area (Å²) in [6.07, 6.45) is 12.3. The van der Waals surface area contributed by atoms with Crippen LogP contribution in [0.2, 0.25) is 0 Å². The number of para-hydroxylation sites is 1. The van der Waals surface area contributed by atoms with E-state index >= 15 is 0 Å². The molecule has 4 aromatic rings. The van der Waals surface area contributed by atoms with E-state index in [-0.39, 0.29) is 0 Å². The zero-order chi connectivity index (χ0) is 18.3. The van der Waals surface area contributed by atoms with Gasteiger partial charge in [0.05, 0.1) is 5.69 Å². The first-order valence-corrected chi connectivity index (χ1v) is 8.99. The monoisotopic (exact) mass is 348 g/mol. The summed E-state index contributed by atoms with van der Waals surface area (Å²) in [6.45, 7) is 0. The number of benzene rings is 3. The summed E-state index contributed by atoms with van der Waals surface area (Å²) < 4.78 is 1.93. The minimum absolute atomic E-state index is 1.07. The molecular formula is C25H20N2. The van der Waals surface area contributed by atoms with Crippen LogP contribution in [0.5, 0.6) is 0 Å². The van der Waals surface area contributed by atoms with Crippen LogP contribution in [0, 0.1) is 0 Å². The fraction of sp³-hybridized carbons (Fsp3) is 0. The quantitative estimate of drug-likeness (QED) is 0.392. The van der Waals surface area contributed by atoms with Gasteiger partial charge in [0.15, 0.2) is 0 Å². The Morgan fingerprint density at radius 2 is 1.11 bits per heavy atom. The predicted molar refractivity (Wildman–Crippen MR) is 114 cm³/mol. The molecule has 0 amide bonds. The smallest absolute Gasteiger partial charge is 0.0790 e. The zero-order valence-corrected chi connectivity index (χ0v) is 14.9. The molecule has 0 fully saturated rings. The third-order valence-electron chi connectivity index (χ3n) is 4.34. The molecule has 0 atom stereocenters. The highest BCUT2D eigenvalue weighted by atomic mass is 15.3. The lowest BCUT2D eigenvalue weighted by molar-refractivity contribution is 0.876. The van der Waals surface area contributed by atoms with E-state index in [4.69, 9.17) is 0 Å². The van der Waals surface area contributed by atoms with E-state index in [0.717, 1.165) is 16.8 Å². The Bertz CT molecular complexity index is 976. The third-order valence-corrected chi connectivity index (χ3v) is 4.34. The highest BCUT2D eigenvalue weighted by Gasteiger charge is 2.07. The van der Waals surface area contributed by atoms with Crippen LogP contribution in [0.1, 0.15) is 22.3 Å². The summed E-state index contributed by atoms with van der Waals surface area (Å²) >= 11 is 0. The lowest BCUT2D eigenvalue weighted by Gasteiger charge is -2.11. The topological polar surface area (TPSA) is 17.8 Å². The van der Waals surface area contributed by atoms with Gasteiger partial charge in [-0.1, -0.05) is 103 Å². The molecular weight excluding hydrogens is 328 g/mol. The van der Waals surface area contributed by atoms with Crippen molar-refractivity contribution in [2.45, 2.75) is 0 Å². The summed E-state index contributed by atoms with van der Waals surface area (Å²) in [7, 11) is 0. The number of hydrogen-bond donors (Lipinski definition) is 0. The minimum Gasteiger partial charge on any atom is -0.240 e. The Kier molecular flexibility index (Phi) is 5.07. The Morgan fingerprint density at radius 3 is 1.59 bits per heavy atom. The van der Waals surface area contributed by atoms with Gasteiger partial charge in [0.1, 0.15) is 0 Å². The second kappa shape index (κ2) is 8.15. The van der Waals surface area contributed by atoms with Crippen LogP contribution in [-0.2, 0) is 0 Å². The second-order valence-corrected chi connectivity index (χ2v) is 6.22. The number of nitrogens with zero attached hydrogens (tertiary/aromatic N) is 2. The van der Waals surface area contributed by atoms with Crippen molar-refractivity contribution in [2.75, 3.05) is 0 Å². The molecule has 0 N–H and O–H groups in total. The van der Waals surface area contributed by atoms with Crippen LogP contribution < -0.4 is 0 Å². The molecule has 0 aliphatic rings. The normalized spacial score (nSPS) is 11.4. The van der Waals surface area contributed by atoms with Crippen molar-refractivity contribution in [3.63, 3.8) is 0 Å². The fourth-order valence-corrected chi connectivity index (χ4v) is 3.01.